The maximum absolute atomic E-state index is 9.31. The van der Waals surface area contributed by atoms with Crippen LogP contribution in [0, 0.1) is 34.6 Å². The Morgan fingerprint density at radius 2 is 2.06 bits per heavy atom. The second kappa shape index (κ2) is 8.53. The van der Waals surface area contributed by atoms with Crippen LogP contribution in [0.4, 0.5) is 0 Å². The van der Waals surface area contributed by atoms with Gasteiger partial charge < -0.3 is 4.74 Å². The maximum Gasteiger partial charge on any atom is 0.217 e. The zero-order valence-electron chi connectivity index (χ0n) is 11.1. The minimum Gasteiger partial charge on any atom is -0.479 e. The smallest absolute Gasteiger partial charge is 0.217 e. The Bertz CT molecular complexity index is 345. The largest absolute Gasteiger partial charge is 0.479 e. The van der Waals surface area contributed by atoms with Gasteiger partial charge in [-0.05, 0) is 25.2 Å². The van der Waals surface area contributed by atoms with Crippen LogP contribution in [-0.4, -0.2) is 12.5 Å². The molecule has 0 saturated heterocycles. The molecule has 0 heterocycles. The van der Waals surface area contributed by atoms with Crippen molar-refractivity contribution in [2.75, 3.05) is 6.61 Å². The van der Waals surface area contributed by atoms with Crippen LogP contribution in [0.3, 0.4) is 0 Å². The molecular weight excluding hydrogens is 226 g/mol. The van der Waals surface area contributed by atoms with Crippen LogP contribution >= 0.6 is 0 Å². The van der Waals surface area contributed by atoms with Crippen molar-refractivity contribution >= 4 is 5.90 Å². The molecule has 0 N–H and O–H groups in total. The number of rotatable bonds is 5. The Balaban J connectivity index is 2.65. The summed E-state index contributed by atoms with van der Waals surface area (Å²) in [5.74, 6) is 0.291. The first-order valence-electron chi connectivity index (χ1n) is 6.82. The zero-order valence-corrected chi connectivity index (χ0v) is 11.1. The van der Waals surface area contributed by atoms with Gasteiger partial charge in [0.15, 0.2) is 0 Å². The Morgan fingerprint density at radius 1 is 1.33 bits per heavy atom. The molecule has 4 heteroatoms. The summed E-state index contributed by atoms with van der Waals surface area (Å²) < 4.78 is 5.53. The van der Waals surface area contributed by atoms with Crippen molar-refractivity contribution in [3.8, 4) is 12.3 Å². The van der Waals surface area contributed by atoms with E-state index in [0.29, 0.717) is 18.4 Å². The van der Waals surface area contributed by atoms with Gasteiger partial charge in [-0.2, -0.15) is 10.5 Å². The third kappa shape index (κ3) is 4.37. The van der Waals surface area contributed by atoms with E-state index < -0.39 is 0 Å². The summed E-state index contributed by atoms with van der Waals surface area (Å²) in [4.78, 5) is 3.72. The molecule has 0 amide bonds. The summed E-state index contributed by atoms with van der Waals surface area (Å²) >= 11 is 0. The molecule has 0 aromatic rings. The highest BCUT2D eigenvalue weighted by atomic mass is 16.5. The van der Waals surface area contributed by atoms with E-state index in [-0.39, 0.29) is 5.92 Å². The minimum absolute atomic E-state index is 0.303. The fraction of sp³-hybridized carbons (Fsp3) is 0.786. The molecule has 4 nitrogen and oxygen atoms in total. The highest BCUT2D eigenvalue weighted by Crippen LogP contribution is 2.30. The second-order valence-corrected chi connectivity index (χ2v) is 4.76. The summed E-state index contributed by atoms with van der Waals surface area (Å²) in [6, 6.07) is 2.28. The Kier molecular flexibility index (Phi) is 6.87. The van der Waals surface area contributed by atoms with E-state index in [1.165, 1.54) is 6.42 Å². The van der Waals surface area contributed by atoms with Crippen LogP contribution in [-0.2, 0) is 4.74 Å². The van der Waals surface area contributed by atoms with Crippen molar-refractivity contribution in [1.82, 2.24) is 0 Å². The van der Waals surface area contributed by atoms with E-state index in [2.05, 4.69) is 18.0 Å². The highest BCUT2D eigenvalue weighted by Gasteiger charge is 2.29. The van der Waals surface area contributed by atoms with Gasteiger partial charge in [0, 0.05) is 0 Å². The fourth-order valence-electron chi connectivity index (χ4n) is 2.39. The lowest BCUT2D eigenvalue weighted by atomic mass is 9.80. The molecule has 1 atom stereocenters. The lowest BCUT2D eigenvalue weighted by Gasteiger charge is -2.26. The number of nitriles is 2. The summed E-state index contributed by atoms with van der Waals surface area (Å²) in [6.07, 6.45) is 9.37. The first-order chi connectivity index (χ1) is 8.83. The molecule has 0 bridgehead atoms. The average molecular weight is 247 g/mol. The van der Waals surface area contributed by atoms with Gasteiger partial charge in [0.1, 0.15) is 5.92 Å². The van der Waals surface area contributed by atoms with Crippen molar-refractivity contribution in [2.24, 2.45) is 16.8 Å². The first-order valence-corrected chi connectivity index (χ1v) is 6.82. The number of ether oxygens (including phenoxy) is 1. The van der Waals surface area contributed by atoms with Gasteiger partial charge in [0.25, 0.3) is 0 Å². The Hall–Kier alpha value is -1.55. The highest BCUT2D eigenvalue weighted by molar-refractivity contribution is 5.82. The molecule has 1 aliphatic rings. The van der Waals surface area contributed by atoms with Gasteiger partial charge in [-0.3, -0.25) is 0 Å². The molecule has 0 aromatic carbocycles. The van der Waals surface area contributed by atoms with E-state index in [9.17, 15) is 5.26 Å². The van der Waals surface area contributed by atoms with Crippen molar-refractivity contribution in [3.63, 3.8) is 0 Å². The predicted octanol–water partition coefficient (Wildman–Crippen LogP) is 3.40. The first kappa shape index (κ1) is 14.5. The molecular formula is C14H21N3O. The summed E-state index contributed by atoms with van der Waals surface area (Å²) in [5, 5.41) is 18.0. The van der Waals surface area contributed by atoms with E-state index in [0.717, 1.165) is 38.5 Å². The molecule has 0 aliphatic heterocycles. The van der Waals surface area contributed by atoms with Crippen molar-refractivity contribution in [1.29, 1.82) is 10.5 Å². The van der Waals surface area contributed by atoms with Gasteiger partial charge in [0.05, 0.1) is 12.7 Å². The third-order valence-electron chi connectivity index (χ3n) is 3.43. The van der Waals surface area contributed by atoms with Gasteiger partial charge in [0.2, 0.25) is 12.1 Å². The van der Waals surface area contributed by atoms with Gasteiger partial charge in [-0.1, -0.05) is 32.6 Å². The van der Waals surface area contributed by atoms with E-state index in [1.807, 2.05) is 0 Å². The van der Waals surface area contributed by atoms with Gasteiger partial charge >= 0.3 is 0 Å². The molecule has 1 saturated carbocycles. The molecule has 18 heavy (non-hydrogen) atoms. The van der Waals surface area contributed by atoms with Crippen LogP contribution in [0.2, 0.25) is 0 Å². The van der Waals surface area contributed by atoms with Crippen molar-refractivity contribution in [3.05, 3.63) is 0 Å². The van der Waals surface area contributed by atoms with E-state index in [1.54, 1.807) is 6.19 Å². The monoisotopic (exact) mass is 247 g/mol. The number of hydrogen-bond donors (Lipinski definition) is 0. The molecule has 0 radical (unpaired) electrons. The summed E-state index contributed by atoms with van der Waals surface area (Å²) in [5.41, 5.74) is 0. The lowest BCUT2D eigenvalue weighted by Crippen LogP contribution is -2.26. The molecule has 1 aliphatic carbocycles. The van der Waals surface area contributed by atoms with Crippen LogP contribution in [0.25, 0.3) is 0 Å². The molecule has 0 aromatic heterocycles. The molecule has 98 valence electrons. The minimum atomic E-state index is -0.346. The van der Waals surface area contributed by atoms with Gasteiger partial charge in [-0.25, -0.2) is 0 Å². The topological polar surface area (TPSA) is 69.2 Å². The number of hydrogen-bond acceptors (Lipinski definition) is 4. The normalized spacial score (nSPS) is 18.7. The quantitative estimate of drug-likeness (QED) is 0.323. The Labute approximate surface area is 109 Å². The van der Waals surface area contributed by atoms with E-state index in [4.69, 9.17) is 10.00 Å². The van der Waals surface area contributed by atoms with Crippen molar-refractivity contribution < 1.29 is 4.74 Å². The number of aliphatic imine (C=N–C) groups is 1. The third-order valence-corrected chi connectivity index (χ3v) is 3.43. The molecule has 1 fully saturated rings. The van der Waals surface area contributed by atoms with Crippen molar-refractivity contribution in [2.45, 2.75) is 51.9 Å². The Morgan fingerprint density at radius 3 is 2.61 bits per heavy atom. The predicted molar refractivity (Wildman–Crippen MR) is 69.6 cm³/mol. The van der Waals surface area contributed by atoms with Crippen LogP contribution in [0.15, 0.2) is 4.99 Å². The lowest BCUT2D eigenvalue weighted by molar-refractivity contribution is 0.248. The van der Waals surface area contributed by atoms with E-state index >= 15 is 0 Å². The average Bonchev–Trinajstić information content (AvgIpc) is 2.41. The van der Waals surface area contributed by atoms with Crippen LogP contribution < -0.4 is 0 Å². The fourth-order valence-corrected chi connectivity index (χ4v) is 2.39. The summed E-state index contributed by atoms with van der Waals surface area (Å²) in [6.45, 7) is 2.62. The number of unbranched alkanes of at least 4 members (excludes halogenated alkanes) is 1. The summed E-state index contributed by atoms with van der Waals surface area (Å²) in [7, 11) is 0. The second-order valence-electron chi connectivity index (χ2n) is 4.76. The van der Waals surface area contributed by atoms with Gasteiger partial charge in [-0.15, -0.1) is 4.99 Å². The van der Waals surface area contributed by atoms with Crippen LogP contribution in [0.1, 0.15) is 51.9 Å². The zero-order chi connectivity index (χ0) is 13.2. The van der Waals surface area contributed by atoms with Crippen LogP contribution in [0.5, 0.6) is 0 Å². The SMILES string of the molecule is CCCCOC(=NC#N)C(C#N)C1CCCCC1. The maximum atomic E-state index is 9.31. The molecule has 1 unspecified atom stereocenters. The standard InChI is InChI=1S/C14H21N3O/c1-2-3-9-18-14(17-11-16)13(10-15)12-7-5-4-6-8-12/h12-13H,2-9H2,1H3. The molecule has 0 spiro atoms. The molecule has 1 rings (SSSR count). The number of nitrogens with zero attached hydrogens (tertiary/aromatic N) is 3.